The average Bonchev–Trinajstić information content (AvgIpc) is 3.01. The predicted octanol–water partition coefficient (Wildman–Crippen LogP) is 1.63. The number of nitrogens with zero attached hydrogens (tertiary/aromatic N) is 4. The Balaban J connectivity index is 1.93. The van der Waals surface area contributed by atoms with E-state index < -0.39 is 0 Å². The Bertz CT molecular complexity index is 627. The first-order chi connectivity index (χ1) is 8.38. The number of rotatable bonds is 4. The van der Waals surface area contributed by atoms with E-state index in [1.807, 2.05) is 9.78 Å². The van der Waals surface area contributed by atoms with Crippen molar-refractivity contribution >= 4 is 16.2 Å². The van der Waals surface area contributed by atoms with Crippen molar-refractivity contribution in [2.24, 2.45) is 0 Å². The zero-order valence-electron chi connectivity index (χ0n) is 9.16. The van der Waals surface area contributed by atoms with Crippen molar-refractivity contribution in [2.45, 2.75) is 6.42 Å². The van der Waals surface area contributed by atoms with Gasteiger partial charge in [-0.25, -0.2) is 4.98 Å². The molecule has 88 valence electrons. The number of hydrogen-bond donors (Lipinski definition) is 0. The first-order valence-electron chi connectivity index (χ1n) is 5.10. The van der Waals surface area contributed by atoms with E-state index in [1.54, 1.807) is 31.0 Å². The number of fused-ring (bicyclic) bond motifs is 1. The lowest BCUT2D eigenvalue weighted by Crippen LogP contribution is -1.96. The summed E-state index contributed by atoms with van der Waals surface area (Å²) in [6.07, 6.45) is 4.19. The van der Waals surface area contributed by atoms with Crippen LogP contribution >= 0.6 is 11.3 Å². The van der Waals surface area contributed by atoms with Gasteiger partial charge in [0.1, 0.15) is 16.9 Å². The molecular formula is C10H10N4O2S. The highest BCUT2D eigenvalue weighted by Crippen LogP contribution is 2.24. The van der Waals surface area contributed by atoms with Crippen molar-refractivity contribution < 1.29 is 9.26 Å². The molecule has 6 nitrogen and oxygen atoms in total. The number of thiazole rings is 1. The lowest BCUT2D eigenvalue weighted by Gasteiger charge is -1.91. The molecule has 0 amide bonds. The number of hydrogen-bond acceptors (Lipinski definition) is 6. The van der Waals surface area contributed by atoms with Crippen LogP contribution in [0.5, 0.6) is 0 Å². The van der Waals surface area contributed by atoms with E-state index in [2.05, 4.69) is 15.1 Å². The lowest BCUT2D eigenvalue weighted by molar-refractivity contribution is 0.199. The van der Waals surface area contributed by atoms with Crippen LogP contribution in [0.25, 0.3) is 16.4 Å². The second-order valence-corrected chi connectivity index (χ2v) is 4.37. The molecule has 3 heterocycles. The highest BCUT2D eigenvalue weighted by Gasteiger charge is 2.13. The molecule has 17 heavy (non-hydrogen) atoms. The Hall–Kier alpha value is -1.73. The molecule has 0 fully saturated rings. The van der Waals surface area contributed by atoms with Crippen LogP contribution in [-0.4, -0.2) is 33.2 Å². The first kappa shape index (κ1) is 10.4. The third kappa shape index (κ3) is 1.83. The van der Waals surface area contributed by atoms with Gasteiger partial charge in [0.2, 0.25) is 0 Å². The molecule has 0 saturated heterocycles. The molecule has 0 bridgehead atoms. The van der Waals surface area contributed by atoms with Gasteiger partial charge in [-0.1, -0.05) is 5.16 Å². The molecule has 3 aromatic heterocycles. The van der Waals surface area contributed by atoms with Crippen LogP contribution in [0.4, 0.5) is 0 Å². The highest BCUT2D eigenvalue weighted by atomic mass is 32.1. The minimum atomic E-state index is 0.514. The molecule has 3 aromatic rings. The summed E-state index contributed by atoms with van der Waals surface area (Å²) in [5, 5.41) is 5.88. The normalized spacial score (nSPS) is 11.4. The SMILES string of the molecule is COCCc1noc(-c2csc3cncn23)n1. The summed E-state index contributed by atoms with van der Waals surface area (Å²) in [6.45, 7) is 0.586. The zero-order valence-corrected chi connectivity index (χ0v) is 9.98. The van der Waals surface area contributed by atoms with E-state index in [0.29, 0.717) is 24.7 Å². The summed E-state index contributed by atoms with van der Waals surface area (Å²) in [5.41, 5.74) is 0.874. The van der Waals surface area contributed by atoms with Crippen LogP contribution in [0.3, 0.4) is 0 Å². The van der Waals surface area contributed by atoms with Crippen molar-refractivity contribution in [2.75, 3.05) is 13.7 Å². The standard InChI is InChI=1S/C10H10N4O2S/c1-15-3-2-8-12-10(16-13-8)7-5-17-9-4-11-6-14(7)9/h4-6H,2-3H2,1H3. The molecule has 0 unspecified atom stereocenters. The van der Waals surface area contributed by atoms with E-state index in [1.165, 1.54) is 0 Å². The van der Waals surface area contributed by atoms with Crippen LogP contribution < -0.4 is 0 Å². The minimum Gasteiger partial charge on any atom is -0.384 e. The molecular weight excluding hydrogens is 240 g/mol. The van der Waals surface area contributed by atoms with Gasteiger partial charge in [-0.3, -0.25) is 4.40 Å². The van der Waals surface area contributed by atoms with Gasteiger partial charge in [-0.2, -0.15) is 4.98 Å². The molecule has 0 atom stereocenters. The van der Waals surface area contributed by atoms with Crippen molar-refractivity contribution in [3.8, 4) is 11.6 Å². The maximum Gasteiger partial charge on any atom is 0.275 e. The van der Waals surface area contributed by atoms with Gasteiger partial charge in [0, 0.05) is 18.9 Å². The van der Waals surface area contributed by atoms with Gasteiger partial charge >= 0.3 is 0 Å². The van der Waals surface area contributed by atoms with Crippen molar-refractivity contribution in [1.29, 1.82) is 0 Å². The molecule has 0 aliphatic rings. The van der Waals surface area contributed by atoms with Crippen LogP contribution in [0, 0.1) is 0 Å². The van der Waals surface area contributed by atoms with E-state index in [-0.39, 0.29) is 0 Å². The Kier molecular flexibility index (Phi) is 2.62. The maximum atomic E-state index is 5.22. The third-order valence-corrected chi connectivity index (χ3v) is 3.26. The van der Waals surface area contributed by atoms with Gasteiger partial charge in [-0.15, -0.1) is 11.3 Å². The molecule has 0 radical (unpaired) electrons. The van der Waals surface area contributed by atoms with E-state index in [0.717, 1.165) is 10.5 Å². The predicted molar refractivity (Wildman–Crippen MR) is 61.9 cm³/mol. The monoisotopic (exact) mass is 250 g/mol. The average molecular weight is 250 g/mol. The Labute approximate surface area is 101 Å². The van der Waals surface area contributed by atoms with Gasteiger partial charge in [0.15, 0.2) is 5.82 Å². The quantitative estimate of drug-likeness (QED) is 0.704. The molecule has 0 N–H and O–H groups in total. The van der Waals surface area contributed by atoms with Gasteiger partial charge < -0.3 is 9.26 Å². The summed E-state index contributed by atoms with van der Waals surface area (Å²) in [6, 6.07) is 0. The van der Waals surface area contributed by atoms with Crippen LogP contribution in [-0.2, 0) is 11.2 Å². The molecule has 0 aromatic carbocycles. The van der Waals surface area contributed by atoms with Crippen LogP contribution in [0.2, 0.25) is 0 Å². The summed E-state index contributed by atoms with van der Waals surface area (Å²) < 4.78 is 12.1. The molecule has 3 rings (SSSR count). The second-order valence-electron chi connectivity index (χ2n) is 3.48. The summed E-state index contributed by atoms with van der Waals surface area (Å²) >= 11 is 1.59. The van der Waals surface area contributed by atoms with E-state index in [4.69, 9.17) is 9.26 Å². The maximum absolute atomic E-state index is 5.22. The Morgan fingerprint density at radius 2 is 2.47 bits per heavy atom. The van der Waals surface area contributed by atoms with Crippen molar-refractivity contribution in [1.82, 2.24) is 19.5 Å². The number of ether oxygens (including phenoxy) is 1. The number of methoxy groups -OCH3 is 1. The van der Waals surface area contributed by atoms with Crippen molar-refractivity contribution in [3.63, 3.8) is 0 Å². The molecule has 0 saturated carbocycles. The summed E-state index contributed by atoms with van der Waals surface area (Å²) in [5.74, 6) is 1.17. The third-order valence-electron chi connectivity index (χ3n) is 2.37. The number of aromatic nitrogens is 4. The molecule has 7 heteroatoms. The fourth-order valence-corrected chi connectivity index (χ4v) is 2.36. The molecule has 0 aliphatic carbocycles. The van der Waals surface area contributed by atoms with E-state index >= 15 is 0 Å². The van der Waals surface area contributed by atoms with Gasteiger partial charge in [0.25, 0.3) is 5.89 Å². The molecule has 0 spiro atoms. The minimum absolute atomic E-state index is 0.514. The topological polar surface area (TPSA) is 65.5 Å². The van der Waals surface area contributed by atoms with Gasteiger partial charge in [0.05, 0.1) is 12.8 Å². The Morgan fingerprint density at radius 3 is 3.35 bits per heavy atom. The smallest absolute Gasteiger partial charge is 0.275 e. The van der Waals surface area contributed by atoms with E-state index in [9.17, 15) is 0 Å². The Morgan fingerprint density at radius 1 is 1.53 bits per heavy atom. The fraction of sp³-hybridized carbons (Fsp3) is 0.300. The van der Waals surface area contributed by atoms with Gasteiger partial charge in [-0.05, 0) is 0 Å². The molecule has 0 aliphatic heterocycles. The lowest BCUT2D eigenvalue weighted by atomic mass is 10.4. The largest absolute Gasteiger partial charge is 0.384 e. The van der Waals surface area contributed by atoms with Crippen LogP contribution in [0.1, 0.15) is 5.82 Å². The van der Waals surface area contributed by atoms with Crippen LogP contribution in [0.15, 0.2) is 22.4 Å². The van der Waals surface area contributed by atoms with Crippen molar-refractivity contribution in [3.05, 3.63) is 23.7 Å². The summed E-state index contributed by atoms with van der Waals surface area (Å²) in [4.78, 5) is 9.44. The second kappa shape index (κ2) is 4.27. The number of imidazole rings is 1. The zero-order chi connectivity index (χ0) is 11.7. The highest BCUT2D eigenvalue weighted by molar-refractivity contribution is 7.15. The summed E-state index contributed by atoms with van der Waals surface area (Å²) in [7, 11) is 1.65. The first-order valence-corrected chi connectivity index (χ1v) is 5.98. The fourth-order valence-electron chi connectivity index (χ4n) is 1.53.